The smallest absolute Gasteiger partial charge is 0.0947 e. The largest absolute Gasteiger partial charge is 0.390 e. The van der Waals surface area contributed by atoms with E-state index >= 15 is 0 Å². The van der Waals surface area contributed by atoms with Gasteiger partial charge in [-0.1, -0.05) is 20.8 Å². The molecule has 0 aromatic rings. The third-order valence-corrected chi connectivity index (χ3v) is 3.97. The molecule has 0 unspecified atom stereocenters. The highest BCUT2D eigenvalue weighted by molar-refractivity contribution is 5.09. The van der Waals surface area contributed by atoms with Crippen molar-refractivity contribution in [2.75, 3.05) is 0 Å². The van der Waals surface area contributed by atoms with Gasteiger partial charge >= 0.3 is 0 Å². The van der Waals surface area contributed by atoms with Gasteiger partial charge in [0, 0.05) is 6.42 Å². The Kier molecular flexibility index (Phi) is 2.39. The lowest BCUT2D eigenvalue weighted by Gasteiger charge is -2.28. The van der Waals surface area contributed by atoms with Gasteiger partial charge in [-0.3, -0.25) is 0 Å². The summed E-state index contributed by atoms with van der Waals surface area (Å²) in [6, 6.07) is 0. The maximum Gasteiger partial charge on any atom is 0.0947 e. The second-order valence-corrected chi connectivity index (χ2v) is 5.52. The van der Waals surface area contributed by atoms with Crippen LogP contribution in [0.25, 0.3) is 0 Å². The Morgan fingerprint density at radius 1 is 1.43 bits per heavy atom. The minimum atomic E-state index is -0.222. The summed E-state index contributed by atoms with van der Waals surface area (Å²) in [6.45, 7) is 6.59. The molecule has 2 rings (SSSR count). The second kappa shape index (κ2) is 3.21. The molecule has 2 aliphatic rings. The molecule has 14 heavy (non-hydrogen) atoms. The van der Waals surface area contributed by atoms with Crippen molar-refractivity contribution in [3.8, 4) is 0 Å². The van der Waals surface area contributed by atoms with Gasteiger partial charge in [0.05, 0.1) is 17.3 Å². The van der Waals surface area contributed by atoms with Gasteiger partial charge in [-0.15, -0.1) is 0 Å². The highest BCUT2D eigenvalue weighted by atomic mass is 16.6. The van der Waals surface area contributed by atoms with E-state index in [1.807, 2.05) is 0 Å². The molecule has 1 N–H and O–H groups in total. The van der Waals surface area contributed by atoms with Crippen LogP contribution in [0.2, 0.25) is 0 Å². The average Bonchev–Trinajstić information content (AvgIpc) is 2.55. The maximum atomic E-state index is 10.0. The fraction of sp³-hybridized carbons (Fsp3) is 1.00. The predicted octanol–water partition coefficient (Wildman–Crippen LogP) is 2.50. The van der Waals surface area contributed by atoms with Gasteiger partial charge in [-0.25, -0.2) is 0 Å². The topological polar surface area (TPSA) is 29.5 Å². The molecular formula is C12H22O2. The molecule has 2 heterocycles. The van der Waals surface area contributed by atoms with Gasteiger partial charge < -0.3 is 9.84 Å². The fourth-order valence-corrected chi connectivity index (χ4v) is 3.35. The Hall–Kier alpha value is -0.0800. The minimum absolute atomic E-state index is 0.0175. The molecule has 0 aromatic heterocycles. The van der Waals surface area contributed by atoms with E-state index in [-0.39, 0.29) is 17.3 Å². The summed E-state index contributed by atoms with van der Waals surface area (Å²) in [7, 11) is 0. The zero-order valence-electron chi connectivity index (χ0n) is 9.55. The molecule has 2 nitrogen and oxygen atoms in total. The fourth-order valence-electron chi connectivity index (χ4n) is 3.35. The van der Waals surface area contributed by atoms with Gasteiger partial charge in [0.1, 0.15) is 0 Å². The van der Waals surface area contributed by atoms with Crippen molar-refractivity contribution in [3.05, 3.63) is 0 Å². The summed E-state index contributed by atoms with van der Waals surface area (Å²) in [6.07, 6.45) is 4.90. The van der Waals surface area contributed by atoms with Crippen molar-refractivity contribution in [1.29, 1.82) is 0 Å². The van der Waals surface area contributed by atoms with Gasteiger partial charge in [-0.05, 0) is 31.6 Å². The van der Waals surface area contributed by atoms with Crippen LogP contribution < -0.4 is 0 Å². The van der Waals surface area contributed by atoms with Crippen LogP contribution in [0.15, 0.2) is 0 Å². The van der Waals surface area contributed by atoms with E-state index in [9.17, 15) is 5.11 Å². The van der Waals surface area contributed by atoms with E-state index in [0.717, 1.165) is 32.1 Å². The highest BCUT2D eigenvalue weighted by Crippen LogP contribution is 2.54. The molecule has 0 spiro atoms. The van der Waals surface area contributed by atoms with Gasteiger partial charge in [0.15, 0.2) is 0 Å². The molecule has 82 valence electrons. The Balaban J connectivity index is 2.13. The summed E-state index contributed by atoms with van der Waals surface area (Å²) in [5, 5.41) is 10.0. The number of rotatable bonds is 3. The minimum Gasteiger partial charge on any atom is -0.390 e. The van der Waals surface area contributed by atoms with Crippen molar-refractivity contribution in [1.82, 2.24) is 0 Å². The number of hydrogen-bond donors (Lipinski definition) is 1. The van der Waals surface area contributed by atoms with Crippen LogP contribution in [-0.4, -0.2) is 22.4 Å². The van der Waals surface area contributed by atoms with E-state index in [4.69, 9.17) is 4.74 Å². The summed E-state index contributed by atoms with van der Waals surface area (Å²) in [5.74, 6) is 0.660. The Bertz CT molecular complexity index is 226. The lowest BCUT2D eigenvalue weighted by atomic mass is 9.76. The van der Waals surface area contributed by atoms with Crippen LogP contribution in [0, 0.1) is 5.92 Å². The van der Waals surface area contributed by atoms with Crippen LogP contribution in [0.4, 0.5) is 0 Å². The Labute approximate surface area is 86.6 Å². The molecule has 2 bridgehead atoms. The monoisotopic (exact) mass is 198 g/mol. The molecule has 0 amide bonds. The quantitative estimate of drug-likeness (QED) is 0.755. The van der Waals surface area contributed by atoms with Gasteiger partial charge in [0.2, 0.25) is 0 Å². The molecular weight excluding hydrogens is 176 g/mol. The third-order valence-electron chi connectivity index (χ3n) is 3.97. The highest BCUT2D eigenvalue weighted by Gasteiger charge is 2.59. The Morgan fingerprint density at radius 2 is 2.14 bits per heavy atom. The molecule has 3 atom stereocenters. The van der Waals surface area contributed by atoms with Gasteiger partial charge in [0.25, 0.3) is 0 Å². The molecule has 0 aliphatic carbocycles. The number of fused-ring (bicyclic) bond motifs is 2. The summed E-state index contributed by atoms with van der Waals surface area (Å²) in [5.41, 5.74) is -0.168. The van der Waals surface area contributed by atoms with Crippen LogP contribution in [-0.2, 0) is 4.74 Å². The Morgan fingerprint density at radius 3 is 2.57 bits per heavy atom. The van der Waals surface area contributed by atoms with E-state index in [2.05, 4.69) is 20.8 Å². The average molecular weight is 198 g/mol. The number of aliphatic hydroxyl groups is 1. The first-order valence-corrected chi connectivity index (χ1v) is 5.90. The van der Waals surface area contributed by atoms with Crippen LogP contribution in [0.1, 0.15) is 52.9 Å². The van der Waals surface area contributed by atoms with E-state index in [1.54, 1.807) is 0 Å². The number of hydrogen-bond acceptors (Lipinski definition) is 2. The number of aliphatic hydroxyl groups excluding tert-OH is 1. The molecule has 2 aliphatic heterocycles. The van der Waals surface area contributed by atoms with Crippen molar-refractivity contribution in [2.45, 2.75) is 70.2 Å². The third kappa shape index (κ3) is 1.40. The zero-order valence-corrected chi connectivity index (χ0v) is 9.55. The number of ether oxygens (including phenoxy) is 1. The van der Waals surface area contributed by atoms with Gasteiger partial charge in [-0.2, -0.15) is 0 Å². The van der Waals surface area contributed by atoms with Crippen LogP contribution >= 0.6 is 0 Å². The standard InChI is InChI=1S/C12H22O2/c1-4-12-6-5-11(14-12,7-9(2)3)8-10(12)13/h9-10,13H,4-8H2,1-3H3/t10-,11+,12+/m0/s1. The lowest BCUT2D eigenvalue weighted by Crippen LogP contribution is -2.37. The second-order valence-electron chi connectivity index (χ2n) is 5.52. The first-order chi connectivity index (χ1) is 6.52. The molecule has 0 saturated carbocycles. The molecule has 0 radical (unpaired) electrons. The first kappa shape index (κ1) is 10.4. The molecule has 0 aromatic carbocycles. The molecule has 2 saturated heterocycles. The first-order valence-electron chi connectivity index (χ1n) is 5.90. The van der Waals surface area contributed by atoms with Crippen molar-refractivity contribution >= 4 is 0 Å². The van der Waals surface area contributed by atoms with Crippen molar-refractivity contribution in [2.24, 2.45) is 5.92 Å². The summed E-state index contributed by atoms with van der Waals surface area (Å²) in [4.78, 5) is 0. The summed E-state index contributed by atoms with van der Waals surface area (Å²) >= 11 is 0. The molecule has 2 heteroatoms. The van der Waals surface area contributed by atoms with Crippen LogP contribution in [0.3, 0.4) is 0 Å². The lowest BCUT2D eigenvalue weighted by molar-refractivity contribution is -0.0828. The van der Waals surface area contributed by atoms with Crippen LogP contribution in [0.5, 0.6) is 0 Å². The normalized spacial score (nSPS) is 46.5. The van der Waals surface area contributed by atoms with E-state index in [1.165, 1.54) is 0 Å². The zero-order chi connectivity index (χ0) is 10.4. The van der Waals surface area contributed by atoms with Crippen molar-refractivity contribution in [3.63, 3.8) is 0 Å². The summed E-state index contributed by atoms with van der Waals surface area (Å²) < 4.78 is 6.17. The molecule has 2 fully saturated rings. The SMILES string of the molecule is CC[C@@]12CC[C@@](CC(C)C)(C[C@@H]1O)O2. The van der Waals surface area contributed by atoms with E-state index in [0.29, 0.717) is 5.92 Å². The van der Waals surface area contributed by atoms with Crippen molar-refractivity contribution < 1.29 is 9.84 Å². The maximum absolute atomic E-state index is 10.0. The van der Waals surface area contributed by atoms with E-state index < -0.39 is 0 Å². The predicted molar refractivity (Wildman–Crippen MR) is 56.2 cm³/mol.